The van der Waals surface area contributed by atoms with E-state index in [4.69, 9.17) is 9.79 Å². The molecule has 0 amide bonds. The molecule has 3 fully saturated rings. The molecule has 0 bridgehead atoms. The molecular formula is C25H45N4O3P. The van der Waals surface area contributed by atoms with Crippen molar-refractivity contribution in [3.05, 3.63) is 18.2 Å². The Hall–Kier alpha value is -1.14. The van der Waals surface area contributed by atoms with Gasteiger partial charge in [-0.2, -0.15) is 0 Å². The fourth-order valence-electron chi connectivity index (χ4n) is 5.38. The van der Waals surface area contributed by atoms with Crippen LogP contribution in [-0.2, 0) is 4.79 Å². The molecular weight excluding hydrogens is 435 g/mol. The normalized spacial score (nSPS) is 27.2. The summed E-state index contributed by atoms with van der Waals surface area (Å²) in [7, 11) is -0.917. The number of ketones is 1. The molecule has 2 aliphatic carbocycles. The van der Waals surface area contributed by atoms with Crippen LogP contribution < -0.4 is 4.90 Å². The van der Waals surface area contributed by atoms with Crippen molar-refractivity contribution in [2.24, 2.45) is 11.3 Å². The van der Waals surface area contributed by atoms with Crippen molar-refractivity contribution in [1.29, 1.82) is 0 Å². The molecule has 1 saturated heterocycles. The van der Waals surface area contributed by atoms with Crippen LogP contribution in [0.3, 0.4) is 0 Å². The van der Waals surface area contributed by atoms with E-state index in [-0.39, 0.29) is 0 Å². The largest absolute Gasteiger partial charge is 0.366 e. The zero-order valence-electron chi connectivity index (χ0n) is 21.3. The maximum absolute atomic E-state index is 11.6. The third-order valence-electron chi connectivity index (χ3n) is 7.33. The van der Waals surface area contributed by atoms with Crippen LogP contribution in [0.15, 0.2) is 12.4 Å². The number of hydrogen-bond acceptors (Lipinski definition) is 7. The van der Waals surface area contributed by atoms with E-state index in [1.54, 1.807) is 6.92 Å². The molecule has 0 atom stereocenters. The van der Waals surface area contributed by atoms with Gasteiger partial charge in [0.05, 0.1) is 18.1 Å². The van der Waals surface area contributed by atoms with Crippen LogP contribution >= 0.6 is 9.03 Å². The van der Waals surface area contributed by atoms with Gasteiger partial charge in [-0.25, -0.2) is 9.97 Å². The third kappa shape index (κ3) is 7.95. The van der Waals surface area contributed by atoms with Crippen molar-refractivity contribution in [2.45, 2.75) is 91.5 Å². The van der Waals surface area contributed by atoms with Crippen LogP contribution in [0.4, 0.5) is 5.69 Å². The lowest BCUT2D eigenvalue weighted by molar-refractivity contribution is -0.124. The number of hydrogen-bond donors (Lipinski definition) is 2. The van der Waals surface area contributed by atoms with Gasteiger partial charge in [-0.15, -0.1) is 0 Å². The second-order valence-electron chi connectivity index (χ2n) is 10.2. The highest BCUT2D eigenvalue weighted by atomic mass is 31.1. The van der Waals surface area contributed by atoms with Gasteiger partial charge in [0, 0.05) is 44.1 Å². The summed E-state index contributed by atoms with van der Waals surface area (Å²) in [5.74, 6) is 2.06. The Balaban J connectivity index is 0.000000582. The minimum atomic E-state index is -0.917. The summed E-state index contributed by atoms with van der Waals surface area (Å²) >= 11 is 0. The fraction of sp³-hybridized carbons (Fsp3) is 0.800. The molecule has 33 heavy (non-hydrogen) atoms. The smallest absolute Gasteiger partial charge is 0.149 e. The van der Waals surface area contributed by atoms with Gasteiger partial charge >= 0.3 is 0 Å². The number of carbonyl (C=O) groups excluding carboxylic acids is 1. The number of carbonyl (C=O) groups is 1. The Labute approximate surface area is 202 Å². The lowest BCUT2D eigenvalue weighted by Gasteiger charge is -2.56. The van der Waals surface area contributed by atoms with E-state index in [1.807, 2.05) is 12.4 Å². The quantitative estimate of drug-likeness (QED) is 0.611. The van der Waals surface area contributed by atoms with Crippen molar-refractivity contribution >= 4 is 20.5 Å². The van der Waals surface area contributed by atoms with E-state index in [0.717, 1.165) is 56.6 Å². The molecule has 3 aliphatic rings. The van der Waals surface area contributed by atoms with Gasteiger partial charge in [-0.05, 0) is 50.9 Å². The molecule has 2 heterocycles. The Morgan fingerprint density at radius 3 is 2.00 bits per heavy atom. The molecule has 0 radical (unpaired) electrons. The molecule has 0 aromatic carbocycles. The highest BCUT2D eigenvalue weighted by Crippen LogP contribution is 2.54. The van der Waals surface area contributed by atoms with Gasteiger partial charge in [-0.3, -0.25) is 9.69 Å². The highest BCUT2D eigenvalue weighted by molar-refractivity contribution is 7.23. The van der Waals surface area contributed by atoms with Crippen LogP contribution in [0.1, 0.15) is 91.3 Å². The van der Waals surface area contributed by atoms with Crippen molar-refractivity contribution in [3.63, 3.8) is 0 Å². The molecule has 2 saturated carbocycles. The van der Waals surface area contributed by atoms with Crippen LogP contribution in [-0.4, -0.2) is 62.7 Å². The predicted octanol–water partition coefficient (Wildman–Crippen LogP) is 4.55. The minimum absolute atomic E-state index is 0.350. The van der Waals surface area contributed by atoms with Gasteiger partial charge in [0.25, 0.3) is 0 Å². The van der Waals surface area contributed by atoms with Crippen LogP contribution in [0.2, 0.25) is 0 Å². The maximum atomic E-state index is 11.6. The second kappa shape index (κ2) is 13.7. The van der Waals surface area contributed by atoms with Gasteiger partial charge in [0.1, 0.15) is 20.6 Å². The first-order valence-corrected chi connectivity index (χ1v) is 13.5. The standard InChI is InChI=1S/C22H34N4O.C3H8.H3O2P/c1-16(2)21-23-14-20(15-24-21)26-10-8-25(9-11-26)19-12-22(13-19)6-4-18(5-7-22)17(3)27;2*1-3-2/h14-16,18-19H,4-13H2,1-3H3;3H2,1-2H3;1-3H. The molecule has 1 spiro atoms. The topological polar surface area (TPSA) is 89.8 Å². The van der Waals surface area contributed by atoms with Gasteiger partial charge in [-0.1, -0.05) is 34.1 Å². The zero-order valence-corrected chi connectivity index (χ0v) is 22.3. The Bertz CT molecular complexity index is 690. The highest BCUT2D eigenvalue weighted by Gasteiger charge is 2.48. The molecule has 1 aliphatic heterocycles. The summed E-state index contributed by atoms with van der Waals surface area (Å²) in [4.78, 5) is 40.1. The molecule has 188 valence electrons. The molecule has 1 aromatic heterocycles. The van der Waals surface area contributed by atoms with Crippen molar-refractivity contribution < 1.29 is 14.6 Å². The summed E-state index contributed by atoms with van der Waals surface area (Å²) in [5.41, 5.74) is 1.72. The predicted molar refractivity (Wildman–Crippen MR) is 137 cm³/mol. The molecule has 0 unspecified atom stereocenters. The van der Waals surface area contributed by atoms with Crippen LogP contribution in [0.25, 0.3) is 0 Å². The minimum Gasteiger partial charge on any atom is -0.366 e. The number of aromatic nitrogens is 2. The molecule has 4 rings (SSSR count). The monoisotopic (exact) mass is 480 g/mol. The SMILES string of the molecule is CC(=O)C1CCC2(CC1)CC(N1CCN(c3cnc(C(C)C)nc3)CC1)C2.CCC.OPO. The summed E-state index contributed by atoms with van der Waals surface area (Å²) < 4.78 is 0. The fourth-order valence-corrected chi connectivity index (χ4v) is 5.38. The number of rotatable bonds is 4. The first kappa shape index (κ1) is 28.1. The van der Waals surface area contributed by atoms with Gasteiger partial charge < -0.3 is 14.7 Å². The Morgan fingerprint density at radius 1 is 1.09 bits per heavy atom. The lowest BCUT2D eigenvalue weighted by atomic mass is 9.56. The van der Waals surface area contributed by atoms with E-state index < -0.39 is 9.03 Å². The first-order chi connectivity index (χ1) is 15.8. The van der Waals surface area contributed by atoms with Crippen LogP contribution in [0.5, 0.6) is 0 Å². The Morgan fingerprint density at radius 2 is 1.58 bits per heavy atom. The van der Waals surface area contributed by atoms with E-state index >= 15 is 0 Å². The van der Waals surface area contributed by atoms with E-state index in [2.05, 4.69) is 47.5 Å². The average Bonchev–Trinajstić information content (AvgIpc) is 2.79. The van der Waals surface area contributed by atoms with Crippen molar-refractivity contribution in [2.75, 3.05) is 31.1 Å². The summed E-state index contributed by atoms with van der Waals surface area (Å²) in [6, 6.07) is 0.764. The molecule has 7 nitrogen and oxygen atoms in total. The molecule has 1 aromatic rings. The number of nitrogens with zero attached hydrogens (tertiary/aromatic N) is 4. The number of Topliss-reactive ketones (excluding diaryl/α,β-unsaturated/α-hetero) is 1. The molecule has 8 heteroatoms. The summed E-state index contributed by atoms with van der Waals surface area (Å²) in [6.45, 7) is 14.7. The maximum Gasteiger partial charge on any atom is 0.149 e. The Kier molecular flexibility index (Phi) is 11.6. The second-order valence-corrected chi connectivity index (χ2v) is 10.4. The number of anilines is 1. The van der Waals surface area contributed by atoms with E-state index in [0.29, 0.717) is 23.0 Å². The van der Waals surface area contributed by atoms with Gasteiger partial charge in [0.15, 0.2) is 0 Å². The average molecular weight is 481 g/mol. The summed E-state index contributed by atoms with van der Waals surface area (Å²) in [6.07, 6.45) is 12.7. The summed E-state index contributed by atoms with van der Waals surface area (Å²) in [5, 5.41) is 0. The van der Waals surface area contributed by atoms with Crippen molar-refractivity contribution in [3.8, 4) is 0 Å². The third-order valence-corrected chi connectivity index (χ3v) is 7.33. The van der Waals surface area contributed by atoms with E-state index in [1.165, 1.54) is 32.1 Å². The van der Waals surface area contributed by atoms with E-state index in [9.17, 15) is 4.79 Å². The van der Waals surface area contributed by atoms with Crippen LogP contribution in [0, 0.1) is 11.3 Å². The molecule has 2 N–H and O–H groups in total. The first-order valence-electron chi connectivity index (χ1n) is 12.6. The van der Waals surface area contributed by atoms with Crippen molar-refractivity contribution in [1.82, 2.24) is 14.9 Å². The van der Waals surface area contributed by atoms with Gasteiger partial charge in [0.2, 0.25) is 0 Å². The number of piperazine rings is 1. The lowest BCUT2D eigenvalue weighted by Crippen LogP contribution is -2.57. The zero-order chi connectivity index (χ0) is 24.4.